The van der Waals surface area contributed by atoms with Gasteiger partial charge in [-0.2, -0.15) is 0 Å². The molecule has 0 radical (unpaired) electrons. The Labute approximate surface area is 321 Å². The summed E-state index contributed by atoms with van der Waals surface area (Å²) in [6.07, 6.45) is 0. The van der Waals surface area contributed by atoms with Crippen LogP contribution in [0.25, 0.3) is 109 Å². The number of rotatable bonds is 5. The lowest BCUT2D eigenvalue weighted by atomic mass is 9.88. The molecule has 2 aromatic heterocycles. The van der Waals surface area contributed by atoms with E-state index in [0.717, 1.165) is 33.4 Å². The van der Waals surface area contributed by atoms with Gasteiger partial charge in [-0.25, -0.2) is 15.0 Å². The Kier molecular flexibility index (Phi) is 7.35. The van der Waals surface area contributed by atoms with Crippen molar-refractivity contribution in [1.29, 1.82) is 0 Å². The Bertz CT molecular complexity index is 3270. The Morgan fingerprint density at radius 1 is 0.309 bits per heavy atom. The molecule has 0 atom stereocenters. The van der Waals surface area contributed by atoms with Crippen molar-refractivity contribution in [1.82, 2.24) is 15.0 Å². The van der Waals surface area contributed by atoms with Gasteiger partial charge < -0.3 is 0 Å². The fourth-order valence-corrected chi connectivity index (χ4v) is 9.43. The van der Waals surface area contributed by atoms with E-state index in [4.69, 9.17) is 15.0 Å². The van der Waals surface area contributed by atoms with Crippen molar-refractivity contribution < 1.29 is 0 Å². The van der Waals surface area contributed by atoms with Crippen molar-refractivity contribution in [3.63, 3.8) is 0 Å². The Morgan fingerprint density at radius 3 is 1.64 bits per heavy atom. The normalized spacial score (nSPS) is 11.6. The van der Waals surface area contributed by atoms with E-state index >= 15 is 0 Å². The molecule has 0 N–H and O–H groups in total. The van der Waals surface area contributed by atoms with Gasteiger partial charge in [-0.3, -0.25) is 0 Å². The van der Waals surface area contributed by atoms with Gasteiger partial charge in [-0.1, -0.05) is 170 Å². The van der Waals surface area contributed by atoms with Crippen molar-refractivity contribution in [2.45, 2.75) is 0 Å². The summed E-state index contributed by atoms with van der Waals surface area (Å²) in [5, 5.41) is 9.73. The first kappa shape index (κ1) is 31.5. The maximum absolute atomic E-state index is 5.40. The summed E-state index contributed by atoms with van der Waals surface area (Å²) in [5.41, 5.74) is 7.36. The van der Waals surface area contributed by atoms with E-state index in [9.17, 15) is 0 Å². The first-order valence-electron chi connectivity index (χ1n) is 18.5. The van der Waals surface area contributed by atoms with Gasteiger partial charge >= 0.3 is 0 Å². The van der Waals surface area contributed by atoms with Gasteiger partial charge in [0.1, 0.15) is 0 Å². The minimum atomic E-state index is 0.637. The maximum Gasteiger partial charge on any atom is 0.165 e. The van der Waals surface area contributed by atoms with Gasteiger partial charge in [0.25, 0.3) is 0 Å². The smallest absolute Gasteiger partial charge is 0.165 e. The highest BCUT2D eigenvalue weighted by Gasteiger charge is 2.21. The Balaban J connectivity index is 1.22. The molecule has 11 rings (SSSR count). The number of hydrogen-bond acceptors (Lipinski definition) is 4. The monoisotopic (exact) mass is 717 g/mol. The molecule has 4 heteroatoms. The van der Waals surface area contributed by atoms with Crippen molar-refractivity contribution in [3.8, 4) is 56.4 Å². The minimum absolute atomic E-state index is 0.637. The molecular weight excluding hydrogens is 687 g/mol. The van der Waals surface area contributed by atoms with Gasteiger partial charge in [0, 0.05) is 36.9 Å². The van der Waals surface area contributed by atoms with Crippen molar-refractivity contribution in [2.75, 3.05) is 0 Å². The lowest BCUT2D eigenvalue weighted by Crippen LogP contribution is -2.02. The quantitative estimate of drug-likeness (QED) is 0.131. The summed E-state index contributed by atoms with van der Waals surface area (Å²) in [4.78, 5) is 16.1. The lowest BCUT2D eigenvalue weighted by Gasteiger charge is -2.17. The largest absolute Gasteiger partial charge is 0.208 e. The van der Waals surface area contributed by atoms with Crippen LogP contribution in [0.3, 0.4) is 0 Å². The molecule has 0 bridgehead atoms. The summed E-state index contributed by atoms with van der Waals surface area (Å²) in [7, 11) is 0. The van der Waals surface area contributed by atoms with Crippen LogP contribution in [0.2, 0.25) is 0 Å². The molecule has 3 nitrogen and oxygen atoms in total. The second-order valence-corrected chi connectivity index (χ2v) is 15.0. The van der Waals surface area contributed by atoms with Gasteiger partial charge in [0.15, 0.2) is 17.5 Å². The number of aromatic nitrogens is 3. The average molecular weight is 718 g/mol. The first-order valence-corrected chi connectivity index (χ1v) is 19.3. The van der Waals surface area contributed by atoms with Crippen molar-refractivity contribution >= 4 is 63.8 Å². The van der Waals surface area contributed by atoms with Crippen LogP contribution in [0.4, 0.5) is 0 Å². The first-order chi connectivity index (χ1) is 27.3. The van der Waals surface area contributed by atoms with Crippen LogP contribution < -0.4 is 0 Å². The van der Waals surface area contributed by atoms with E-state index in [0.29, 0.717) is 17.5 Å². The van der Waals surface area contributed by atoms with E-state index in [2.05, 4.69) is 182 Å². The highest BCUT2D eigenvalue weighted by Crippen LogP contribution is 2.44. The molecule has 11 aromatic rings. The standard InChI is InChI=1S/C51H31N3S/c1-2-15-32(16-3-1)35-19-8-10-24-42(35)49-52-50(54-51(53-49)44-27-14-26-41-38-22-12-13-28-46(38)55-48(41)44)43-25-11-9-23-39(43)47-37-21-7-5-18-34(37)31-45-36-20-6-4-17-33(36)29-30-40(45)47/h1-31H. The molecule has 0 unspecified atom stereocenters. The highest BCUT2D eigenvalue weighted by atomic mass is 32.1. The molecule has 0 spiro atoms. The van der Waals surface area contributed by atoms with Gasteiger partial charge in [0.2, 0.25) is 0 Å². The van der Waals surface area contributed by atoms with Crippen LogP contribution >= 0.6 is 11.3 Å². The summed E-state index contributed by atoms with van der Waals surface area (Å²) >= 11 is 1.79. The van der Waals surface area contributed by atoms with Crippen LogP contribution in [0.1, 0.15) is 0 Å². The van der Waals surface area contributed by atoms with Gasteiger partial charge in [-0.15, -0.1) is 11.3 Å². The fourth-order valence-electron chi connectivity index (χ4n) is 8.21. The van der Waals surface area contributed by atoms with Crippen LogP contribution in [0.5, 0.6) is 0 Å². The van der Waals surface area contributed by atoms with Gasteiger partial charge in [0.05, 0.1) is 0 Å². The zero-order valence-electron chi connectivity index (χ0n) is 29.6. The second-order valence-electron chi connectivity index (χ2n) is 13.9. The van der Waals surface area contributed by atoms with Gasteiger partial charge in [-0.05, 0) is 72.8 Å². The maximum atomic E-state index is 5.40. The van der Waals surface area contributed by atoms with E-state index in [1.807, 2.05) is 6.07 Å². The van der Waals surface area contributed by atoms with Crippen LogP contribution in [-0.2, 0) is 0 Å². The third kappa shape index (κ3) is 5.22. The SMILES string of the molecule is c1ccc(-c2ccccc2-c2nc(-c3ccccc3-c3c4ccccc4cc4c3ccc3ccccc34)nc(-c3cccc4c3sc3ccccc34)n2)cc1. The summed E-state index contributed by atoms with van der Waals surface area (Å²) in [5.74, 6) is 1.93. The summed E-state index contributed by atoms with van der Waals surface area (Å²) < 4.78 is 2.41. The minimum Gasteiger partial charge on any atom is -0.208 e. The molecule has 0 saturated carbocycles. The zero-order valence-corrected chi connectivity index (χ0v) is 30.5. The van der Waals surface area contributed by atoms with E-state index in [1.165, 1.54) is 58.1 Å². The molecule has 0 aliphatic carbocycles. The predicted octanol–water partition coefficient (Wildman–Crippen LogP) is 14.0. The average Bonchev–Trinajstić information content (AvgIpc) is 3.65. The molecular formula is C51H31N3S. The molecule has 9 aromatic carbocycles. The number of thiophene rings is 1. The number of hydrogen-bond donors (Lipinski definition) is 0. The highest BCUT2D eigenvalue weighted by molar-refractivity contribution is 7.26. The lowest BCUT2D eigenvalue weighted by molar-refractivity contribution is 1.08. The van der Waals surface area contributed by atoms with Crippen molar-refractivity contribution in [3.05, 3.63) is 188 Å². The Hall–Kier alpha value is -7.01. The molecule has 256 valence electrons. The second kappa shape index (κ2) is 12.8. The van der Waals surface area contributed by atoms with Crippen LogP contribution in [0.15, 0.2) is 188 Å². The summed E-state index contributed by atoms with van der Waals surface area (Å²) in [6, 6.07) is 66.8. The third-order valence-corrected chi connectivity index (χ3v) is 12.0. The number of fused-ring (bicyclic) bond motifs is 7. The predicted molar refractivity (Wildman–Crippen MR) is 232 cm³/mol. The molecule has 0 amide bonds. The topological polar surface area (TPSA) is 38.7 Å². The van der Waals surface area contributed by atoms with Crippen LogP contribution in [0, 0.1) is 0 Å². The zero-order chi connectivity index (χ0) is 36.3. The van der Waals surface area contributed by atoms with Crippen molar-refractivity contribution in [2.24, 2.45) is 0 Å². The summed E-state index contributed by atoms with van der Waals surface area (Å²) in [6.45, 7) is 0. The fraction of sp³-hybridized carbons (Fsp3) is 0. The Morgan fingerprint density at radius 2 is 0.855 bits per heavy atom. The number of nitrogens with zero attached hydrogens (tertiary/aromatic N) is 3. The molecule has 0 fully saturated rings. The van der Waals surface area contributed by atoms with E-state index in [-0.39, 0.29) is 0 Å². The molecule has 2 heterocycles. The molecule has 0 saturated heterocycles. The van der Waals surface area contributed by atoms with E-state index in [1.54, 1.807) is 11.3 Å². The third-order valence-electron chi connectivity index (χ3n) is 10.7. The molecule has 0 aliphatic heterocycles. The van der Waals surface area contributed by atoms with Crippen LogP contribution in [-0.4, -0.2) is 15.0 Å². The number of benzene rings is 9. The van der Waals surface area contributed by atoms with E-state index < -0.39 is 0 Å². The molecule has 55 heavy (non-hydrogen) atoms. The molecule has 0 aliphatic rings.